The zero-order valence-corrected chi connectivity index (χ0v) is 11.4. The lowest BCUT2D eigenvalue weighted by Crippen LogP contribution is -2.10. The van der Waals surface area contributed by atoms with Gasteiger partial charge in [-0.15, -0.1) is 0 Å². The molecule has 2 aromatic carbocycles. The van der Waals surface area contributed by atoms with Crippen molar-refractivity contribution in [3.05, 3.63) is 53.6 Å². The normalized spacial score (nSPS) is 14.0. The largest absolute Gasteiger partial charge is 0.490 e. The number of fused-ring (bicyclic) bond motifs is 1. The molecule has 0 aliphatic carbocycles. The van der Waals surface area contributed by atoms with E-state index in [1.165, 1.54) is 0 Å². The molecule has 5 heteroatoms. The monoisotopic (exact) mass is 288 g/mol. The van der Waals surface area contributed by atoms with Crippen molar-refractivity contribution >= 4 is 0 Å². The number of hydrogen-bond acceptors (Lipinski definition) is 5. The van der Waals surface area contributed by atoms with Gasteiger partial charge in [-0.1, -0.05) is 30.3 Å². The van der Waals surface area contributed by atoms with Gasteiger partial charge in [-0.05, 0) is 11.6 Å². The molecule has 110 valence electrons. The SMILES string of the molecule is OCc1cc2c(cc1OCC(O)c1ccccc1)OCO2. The second kappa shape index (κ2) is 6.03. The van der Waals surface area contributed by atoms with Gasteiger partial charge in [0.05, 0.1) is 6.61 Å². The summed E-state index contributed by atoms with van der Waals surface area (Å²) in [6.07, 6.45) is -0.733. The van der Waals surface area contributed by atoms with Crippen LogP contribution in [0.2, 0.25) is 0 Å². The van der Waals surface area contributed by atoms with Crippen LogP contribution in [-0.2, 0) is 6.61 Å². The van der Waals surface area contributed by atoms with E-state index in [2.05, 4.69) is 0 Å². The van der Waals surface area contributed by atoms with Crippen molar-refractivity contribution in [1.82, 2.24) is 0 Å². The molecular weight excluding hydrogens is 272 g/mol. The van der Waals surface area contributed by atoms with E-state index in [9.17, 15) is 10.2 Å². The fourth-order valence-corrected chi connectivity index (χ4v) is 2.16. The van der Waals surface area contributed by atoms with E-state index in [0.29, 0.717) is 22.8 Å². The molecule has 0 saturated heterocycles. The molecule has 1 heterocycles. The van der Waals surface area contributed by atoms with E-state index in [-0.39, 0.29) is 20.0 Å². The third kappa shape index (κ3) is 2.94. The smallest absolute Gasteiger partial charge is 0.231 e. The lowest BCUT2D eigenvalue weighted by atomic mass is 10.1. The second-order valence-corrected chi connectivity index (χ2v) is 4.71. The van der Waals surface area contributed by atoms with Crippen molar-refractivity contribution in [3.8, 4) is 17.2 Å². The van der Waals surface area contributed by atoms with Crippen molar-refractivity contribution in [1.29, 1.82) is 0 Å². The van der Waals surface area contributed by atoms with Gasteiger partial charge in [0.2, 0.25) is 6.79 Å². The quantitative estimate of drug-likeness (QED) is 0.881. The average Bonchev–Trinajstić information content (AvgIpc) is 2.99. The lowest BCUT2D eigenvalue weighted by molar-refractivity contribution is 0.106. The van der Waals surface area contributed by atoms with Gasteiger partial charge in [0.25, 0.3) is 0 Å². The Labute approximate surface area is 122 Å². The molecule has 0 fully saturated rings. The number of benzene rings is 2. The van der Waals surface area contributed by atoms with Gasteiger partial charge in [-0.3, -0.25) is 0 Å². The minimum absolute atomic E-state index is 0.0939. The number of aliphatic hydroxyl groups is 2. The van der Waals surface area contributed by atoms with Gasteiger partial charge in [-0.2, -0.15) is 0 Å². The predicted molar refractivity (Wildman–Crippen MR) is 75.4 cm³/mol. The molecule has 21 heavy (non-hydrogen) atoms. The molecule has 2 N–H and O–H groups in total. The standard InChI is InChI=1S/C16H16O5/c17-8-12-6-15-16(21-10-20-15)7-14(12)19-9-13(18)11-4-2-1-3-5-11/h1-7,13,17-18H,8-10H2. The van der Waals surface area contributed by atoms with Crippen molar-refractivity contribution in [3.63, 3.8) is 0 Å². The van der Waals surface area contributed by atoms with Crippen molar-refractivity contribution in [2.75, 3.05) is 13.4 Å². The molecular formula is C16H16O5. The Morgan fingerprint density at radius 3 is 2.52 bits per heavy atom. The van der Waals surface area contributed by atoms with Crippen LogP contribution in [0, 0.1) is 0 Å². The molecule has 5 nitrogen and oxygen atoms in total. The average molecular weight is 288 g/mol. The van der Waals surface area contributed by atoms with E-state index >= 15 is 0 Å². The topological polar surface area (TPSA) is 68.2 Å². The Hall–Kier alpha value is -2.24. The fourth-order valence-electron chi connectivity index (χ4n) is 2.16. The van der Waals surface area contributed by atoms with E-state index < -0.39 is 6.10 Å². The summed E-state index contributed by atoms with van der Waals surface area (Å²) < 4.78 is 16.2. The van der Waals surface area contributed by atoms with Crippen molar-refractivity contribution in [2.24, 2.45) is 0 Å². The van der Waals surface area contributed by atoms with E-state index in [0.717, 1.165) is 5.56 Å². The molecule has 1 unspecified atom stereocenters. The van der Waals surface area contributed by atoms with Crippen LogP contribution >= 0.6 is 0 Å². The van der Waals surface area contributed by atoms with Crippen LogP contribution < -0.4 is 14.2 Å². The van der Waals surface area contributed by atoms with Gasteiger partial charge in [-0.25, -0.2) is 0 Å². The Balaban J connectivity index is 1.73. The minimum atomic E-state index is -0.733. The van der Waals surface area contributed by atoms with Crippen LogP contribution in [-0.4, -0.2) is 23.6 Å². The highest BCUT2D eigenvalue weighted by molar-refractivity contribution is 5.51. The first-order valence-electron chi connectivity index (χ1n) is 6.67. The summed E-state index contributed by atoms with van der Waals surface area (Å²) in [7, 11) is 0. The van der Waals surface area contributed by atoms with E-state index in [1.54, 1.807) is 12.1 Å². The maximum atomic E-state index is 10.1. The highest BCUT2D eigenvalue weighted by Gasteiger charge is 2.18. The van der Waals surface area contributed by atoms with Gasteiger partial charge < -0.3 is 24.4 Å². The van der Waals surface area contributed by atoms with Gasteiger partial charge >= 0.3 is 0 Å². The molecule has 0 saturated carbocycles. The molecule has 1 aliphatic heterocycles. The van der Waals surface area contributed by atoms with Crippen LogP contribution in [0.3, 0.4) is 0 Å². The van der Waals surface area contributed by atoms with E-state index in [1.807, 2.05) is 30.3 Å². The van der Waals surface area contributed by atoms with Crippen LogP contribution in [0.1, 0.15) is 17.2 Å². The van der Waals surface area contributed by atoms with Crippen molar-refractivity contribution in [2.45, 2.75) is 12.7 Å². The maximum absolute atomic E-state index is 10.1. The van der Waals surface area contributed by atoms with Crippen molar-refractivity contribution < 1.29 is 24.4 Å². The zero-order valence-electron chi connectivity index (χ0n) is 11.4. The summed E-state index contributed by atoms with van der Waals surface area (Å²) in [5.74, 6) is 1.66. The third-order valence-electron chi connectivity index (χ3n) is 3.31. The third-order valence-corrected chi connectivity index (χ3v) is 3.31. The zero-order chi connectivity index (χ0) is 14.7. The molecule has 0 aromatic heterocycles. The first kappa shape index (κ1) is 13.7. The van der Waals surface area contributed by atoms with Crippen LogP contribution in [0.15, 0.2) is 42.5 Å². The summed E-state index contributed by atoms with van der Waals surface area (Å²) >= 11 is 0. The summed E-state index contributed by atoms with van der Waals surface area (Å²) in [5, 5.41) is 19.5. The maximum Gasteiger partial charge on any atom is 0.231 e. The Morgan fingerprint density at radius 1 is 1.10 bits per heavy atom. The highest BCUT2D eigenvalue weighted by Crippen LogP contribution is 2.38. The Morgan fingerprint density at radius 2 is 1.81 bits per heavy atom. The molecule has 2 aromatic rings. The Kier molecular flexibility index (Phi) is 3.94. The number of hydrogen-bond donors (Lipinski definition) is 2. The predicted octanol–water partition coefficient (Wildman–Crippen LogP) is 2.02. The van der Waals surface area contributed by atoms with Gasteiger partial charge in [0, 0.05) is 11.6 Å². The summed E-state index contributed by atoms with van der Waals surface area (Å²) in [6.45, 7) is 0.0837. The second-order valence-electron chi connectivity index (χ2n) is 4.71. The van der Waals surface area contributed by atoms with Crippen LogP contribution in [0.4, 0.5) is 0 Å². The molecule has 0 bridgehead atoms. The number of rotatable bonds is 5. The van der Waals surface area contributed by atoms with Gasteiger partial charge in [0.15, 0.2) is 11.5 Å². The molecule has 3 rings (SSSR count). The lowest BCUT2D eigenvalue weighted by Gasteiger charge is -2.15. The molecule has 0 radical (unpaired) electrons. The summed E-state index contributed by atoms with van der Waals surface area (Å²) in [6, 6.07) is 12.6. The molecule has 0 spiro atoms. The number of ether oxygens (including phenoxy) is 3. The highest BCUT2D eigenvalue weighted by atomic mass is 16.7. The first-order chi connectivity index (χ1) is 10.3. The number of aliphatic hydroxyl groups excluding tert-OH is 2. The Bertz CT molecular complexity index is 612. The molecule has 1 atom stereocenters. The fraction of sp³-hybridized carbons (Fsp3) is 0.250. The van der Waals surface area contributed by atoms with Gasteiger partial charge in [0.1, 0.15) is 18.5 Å². The van der Waals surface area contributed by atoms with Crippen LogP contribution in [0.25, 0.3) is 0 Å². The van der Waals surface area contributed by atoms with E-state index in [4.69, 9.17) is 14.2 Å². The summed E-state index contributed by atoms with van der Waals surface area (Å²) in [5.41, 5.74) is 1.38. The van der Waals surface area contributed by atoms with Crippen LogP contribution in [0.5, 0.6) is 17.2 Å². The molecule has 1 aliphatic rings. The first-order valence-corrected chi connectivity index (χ1v) is 6.67. The summed E-state index contributed by atoms with van der Waals surface area (Å²) in [4.78, 5) is 0. The molecule has 0 amide bonds. The minimum Gasteiger partial charge on any atom is -0.490 e.